The molecule has 0 aromatic heterocycles. The van der Waals surface area contributed by atoms with E-state index in [1.807, 2.05) is 0 Å². The van der Waals surface area contributed by atoms with Crippen LogP contribution in [0.3, 0.4) is 0 Å². The highest BCUT2D eigenvalue weighted by atomic mass is 16.5. The van der Waals surface area contributed by atoms with Crippen molar-refractivity contribution in [3.05, 3.63) is 0 Å². The van der Waals surface area contributed by atoms with E-state index in [-0.39, 0.29) is 24.2 Å². The molecule has 1 rings (SSSR count). The fourth-order valence-corrected chi connectivity index (χ4v) is 1.71. The Labute approximate surface area is 108 Å². The minimum absolute atomic E-state index is 0.0779. The zero-order valence-corrected chi connectivity index (χ0v) is 11.1. The van der Waals surface area contributed by atoms with Crippen LogP contribution in [0.4, 0.5) is 0 Å². The summed E-state index contributed by atoms with van der Waals surface area (Å²) in [5.74, 6) is 0.00513. The molecular weight excluding hydrogens is 234 g/mol. The van der Waals surface area contributed by atoms with Gasteiger partial charge in [-0.1, -0.05) is 6.42 Å². The van der Waals surface area contributed by atoms with Crippen LogP contribution >= 0.6 is 0 Å². The topological polar surface area (TPSA) is 64.6 Å². The monoisotopic (exact) mass is 257 g/mol. The lowest BCUT2D eigenvalue weighted by molar-refractivity contribution is -0.143. The number of methoxy groups -OCH3 is 1. The Morgan fingerprint density at radius 2 is 1.94 bits per heavy atom. The number of carbonyl (C=O) groups is 2. The smallest absolute Gasteiger partial charge is 0.307 e. The van der Waals surface area contributed by atoms with Crippen molar-refractivity contribution in [3.8, 4) is 0 Å². The first-order valence-electron chi connectivity index (χ1n) is 6.66. The third-order valence-electron chi connectivity index (χ3n) is 3.11. The van der Waals surface area contributed by atoms with Crippen LogP contribution in [0.25, 0.3) is 0 Å². The molecule has 0 saturated heterocycles. The lowest BCUT2D eigenvalue weighted by atomic mass is 9.85. The molecule has 0 bridgehead atoms. The molecule has 0 spiro atoms. The SMILES string of the molecule is COCCCCOC(=O)CCNC(=O)C1CCC1. The number of hydrogen-bond donors (Lipinski definition) is 1. The first kappa shape index (κ1) is 15.0. The van der Waals surface area contributed by atoms with Gasteiger partial charge in [0.25, 0.3) is 0 Å². The Bertz CT molecular complexity index is 264. The van der Waals surface area contributed by atoms with E-state index in [9.17, 15) is 9.59 Å². The summed E-state index contributed by atoms with van der Waals surface area (Å²) in [7, 11) is 1.65. The summed E-state index contributed by atoms with van der Waals surface area (Å²) >= 11 is 0. The molecule has 0 atom stereocenters. The van der Waals surface area contributed by atoms with E-state index < -0.39 is 0 Å². The fraction of sp³-hybridized carbons (Fsp3) is 0.846. The van der Waals surface area contributed by atoms with Crippen LogP contribution in [0.5, 0.6) is 0 Å². The maximum Gasteiger partial charge on any atom is 0.307 e. The lowest BCUT2D eigenvalue weighted by Gasteiger charge is -2.23. The summed E-state index contributed by atoms with van der Waals surface area (Å²) in [6.07, 6.45) is 5.06. The van der Waals surface area contributed by atoms with Crippen molar-refractivity contribution in [1.82, 2.24) is 5.32 Å². The number of amides is 1. The van der Waals surface area contributed by atoms with Crippen LogP contribution in [0.1, 0.15) is 38.5 Å². The molecule has 5 heteroatoms. The van der Waals surface area contributed by atoms with E-state index in [4.69, 9.17) is 9.47 Å². The molecule has 1 aliphatic carbocycles. The maximum atomic E-state index is 11.5. The third-order valence-corrected chi connectivity index (χ3v) is 3.11. The van der Waals surface area contributed by atoms with Crippen molar-refractivity contribution in [1.29, 1.82) is 0 Å². The Kier molecular flexibility index (Phi) is 7.41. The Hall–Kier alpha value is -1.10. The van der Waals surface area contributed by atoms with Crippen LogP contribution in [0.2, 0.25) is 0 Å². The molecule has 0 unspecified atom stereocenters. The molecule has 104 valence electrons. The van der Waals surface area contributed by atoms with Gasteiger partial charge in [0.05, 0.1) is 13.0 Å². The average Bonchev–Trinajstić information content (AvgIpc) is 2.26. The minimum Gasteiger partial charge on any atom is -0.466 e. The molecule has 1 saturated carbocycles. The summed E-state index contributed by atoms with van der Waals surface area (Å²) in [6, 6.07) is 0. The Morgan fingerprint density at radius 3 is 2.56 bits per heavy atom. The maximum absolute atomic E-state index is 11.5. The van der Waals surface area contributed by atoms with E-state index in [2.05, 4.69) is 5.32 Å². The molecule has 0 aromatic carbocycles. The average molecular weight is 257 g/mol. The molecule has 1 fully saturated rings. The zero-order chi connectivity index (χ0) is 13.2. The van der Waals surface area contributed by atoms with Crippen LogP contribution in [0.15, 0.2) is 0 Å². The van der Waals surface area contributed by atoms with Gasteiger partial charge < -0.3 is 14.8 Å². The summed E-state index contributed by atoms with van der Waals surface area (Å²) in [6.45, 7) is 1.50. The van der Waals surface area contributed by atoms with E-state index in [0.29, 0.717) is 19.8 Å². The Morgan fingerprint density at radius 1 is 1.22 bits per heavy atom. The quantitative estimate of drug-likeness (QED) is 0.499. The molecule has 0 heterocycles. The van der Waals surface area contributed by atoms with Gasteiger partial charge in [0, 0.05) is 26.2 Å². The summed E-state index contributed by atoms with van der Waals surface area (Å²) < 4.78 is 9.92. The second-order valence-corrected chi connectivity index (χ2v) is 4.59. The highest BCUT2D eigenvalue weighted by Crippen LogP contribution is 2.25. The number of carbonyl (C=O) groups excluding carboxylic acids is 2. The van der Waals surface area contributed by atoms with Gasteiger partial charge in [0.2, 0.25) is 5.91 Å². The standard InChI is InChI=1S/C13H23NO4/c1-17-9-2-3-10-18-12(15)7-8-14-13(16)11-5-4-6-11/h11H,2-10H2,1H3,(H,14,16). The highest BCUT2D eigenvalue weighted by molar-refractivity contribution is 5.80. The number of esters is 1. The predicted molar refractivity (Wildman–Crippen MR) is 67.0 cm³/mol. The first-order chi connectivity index (χ1) is 8.74. The number of unbranched alkanes of at least 4 members (excludes halogenated alkanes) is 1. The Balaban J connectivity index is 1.91. The molecular formula is C13H23NO4. The molecule has 0 aliphatic heterocycles. The van der Waals surface area contributed by atoms with Crippen LogP contribution in [-0.2, 0) is 19.1 Å². The van der Waals surface area contributed by atoms with Crippen molar-refractivity contribution >= 4 is 11.9 Å². The highest BCUT2D eigenvalue weighted by Gasteiger charge is 2.24. The number of ether oxygens (including phenoxy) is 2. The molecule has 5 nitrogen and oxygen atoms in total. The molecule has 1 N–H and O–H groups in total. The zero-order valence-electron chi connectivity index (χ0n) is 11.1. The van der Waals surface area contributed by atoms with Crippen molar-refractivity contribution in [2.24, 2.45) is 5.92 Å². The summed E-state index contributed by atoms with van der Waals surface area (Å²) in [4.78, 5) is 22.8. The van der Waals surface area contributed by atoms with E-state index in [0.717, 1.165) is 32.1 Å². The third kappa shape index (κ3) is 6.00. The number of nitrogens with one attached hydrogen (secondary N) is 1. The van der Waals surface area contributed by atoms with Gasteiger partial charge in [-0.05, 0) is 25.7 Å². The fourth-order valence-electron chi connectivity index (χ4n) is 1.71. The second-order valence-electron chi connectivity index (χ2n) is 4.59. The van der Waals surface area contributed by atoms with Crippen LogP contribution in [0, 0.1) is 5.92 Å². The van der Waals surface area contributed by atoms with Crippen molar-refractivity contribution in [2.45, 2.75) is 38.5 Å². The molecule has 0 radical (unpaired) electrons. The summed E-state index contributed by atoms with van der Waals surface area (Å²) in [5, 5.41) is 2.77. The normalized spacial score (nSPS) is 14.9. The molecule has 1 amide bonds. The number of hydrogen-bond acceptors (Lipinski definition) is 4. The lowest BCUT2D eigenvalue weighted by Crippen LogP contribution is -2.35. The molecule has 0 aromatic rings. The van der Waals surface area contributed by atoms with Crippen LogP contribution in [-0.4, -0.2) is 38.7 Å². The first-order valence-corrected chi connectivity index (χ1v) is 6.66. The second kappa shape index (κ2) is 8.91. The van der Waals surface area contributed by atoms with Gasteiger partial charge >= 0.3 is 5.97 Å². The van der Waals surface area contributed by atoms with E-state index in [1.165, 1.54) is 0 Å². The minimum atomic E-state index is -0.249. The molecule has 1 aliphatic rings. The van der Waals surface area contributed by atoms with Crippen molar-refractivity contribution < 1.29 is 19.1 Å². The van der Waals surface area contributed by atoms with Gasteiger partial charge in [0.1, 0.15) is 0 Å². The van der Waals surface area contributed by atoms with E-state index in [1.54, 1.807) is 7.11 Å². The van der Waals surface area contributed by atoms with Crippen molar-refractivity contribution in [2.75, 3.05) is 26.9 Å². The van der Waals surface area contributed by atoms with Crippen molar-refractivity contribution in [3.63, 3.8) is 0 Å². The largest absolute Gasteiger partial charge is 0.466 e. The molecule has 18 heavy (non-hydrogen) atoms. The van der Waals surface area contributed by atoms with Gasteiger partial charge in [-0.2, -0.15) is 0 Å². The van der Waals surface area contributed by atoms with Crippen LogP contribution < -0.4 is 5.32 Å². The van der Waals surface area contributed by atoms with E-state index >= 15 is 0 Å². The van der Waals surface area contributed by atoms with Gasteiger partial charge in [0.15, 0.2) is 0 Å². The summed E-state index contributed by atoms with van der Waals surface area (Å²) in [5.41, 5.74) is 0. The van der Waals surface area contributed by atoms with Gasteiger partial charge in [-0.25, -0.2) is 0 Å². The van der Waals surface area contributed by atoms with Gasteiger partial charge in [-0.3, -0.25) is 9.59 Å². The predicted octanol–water partition coefficient (Wildman–Crippen LogP) is 1.26. The number of rotatable bonds is 9. The van der Waals surface area contributed by atoms with Gasteiger partial charge in [-0.15, -0.1) is 0 Å².